The molecule has 0 amide bonds. The second-order valence-electron chi connectivity index (χ2n) is 5.58. The summed E-state index contributed by atoms with van der Waals surface area (Å²) in [6, 6.07) is 1.49. The maximum Gasteiger partial charge on any atom is 0.0724 e. The molecule has 3 heterocycles. The Labute approximate surface area is 109 Å². The highest BCUT2D eigenvalue weighted by Crippen LogP contribution is 2.26. The third-order valence-corrected chi connectivity index (χ3v) is 4.23. The molecule has 1 aromatic rings. The van der Waals surface area contributed by atoms with Crippen molar-refractivity contribution in [2.24, 2.45) is 0 Å². The minimum atomic E-state index is 0.660. The average Bonchev–Trinajstić information content (AvgIpc) is 2.85. The molecule has 2 atom stereocenters. The van der Waals surface area contributed by atoms with Gasteiger partial charge in [-0.1, -0.05) is 0 Å². The molecule has 0 radical (unpaired) electrons. The van der Waals surface area contributed by atoms with Gasteiger partial charge < -0.3 is 10.2 Å². The van der Waals surface area contributed by atoms with Gasteiger partial charge in [-0.2, -0.15) is 0 Å². The van der Waals surface area contributed by atoms with Crippen LogP contribution in [-0.4, -0.2) is 40.0 Å². The van der Waals surface area contributed by atoms with Crippen molar-refractivity contribution in [2.45, 2.75) is 51.2 Å². The first-order valence-corrected chi connectivity index (χ1v) is 7.06. The van der Waals surface area contributed by atoms with E-state index < -0.39 is 0 Å². The van der Waals surface area contributed by atoms with Gasteiger partial charge in [-0.15, -0.1) is 0 Å². The number of rotatable bonds is 3. The van der Waals surface area contributed by atoms with E-state index in [9.17, 15) is 0 Å². The van der Waals surface area contributed by atoms with E-state index in [0.717, 1.165) is 24.0 Å². The fraction of sp³-hybridized carbons (Fsp3) is 0.714. The first-order valence-electron chi connectivity index (χ1n) is 7.06. The summed E-state index contributed by atoms with van der Waals surface area (Å²) in [6.45, 7) is 5.41. The molecule has 0 bridgehead atoms. The predicted octanol–water partition coefficient (Wildman–Crippen LogP) is 1.50. The van der Waals surface area contributed by atoms with Crippen molar-refractivity contribution in [3.63, 3.8) is 0 Å². The summed E-state index contributed by atoms with van der Waals surface area (Å²) in [5, 5.41) is 3.64. The number of hydrogen-bond donors (Lipinski definition) is 1. The van der Waals surface area contributed by atoms with Crippen molar-refractivity contribution < 1.29 is 0 Å². The Hall–Kier alpha value is -1.00. The van der Waals surface area contributed by atoms with E-state index >= 15 is 0 Å². The van der Waals surface area contributed by atoms with Crippen LogP contribution < -0.4 is 5.32 Å². The number of fused-ring (bicyclic) bond motifs is 1. The molecular weight excluding hydrogens is 224 g/mol. The standard InChI is InChI=1S/C14H22N4/c1-11-8-16-13(9-15-11)10-17-12-4-6-18-5-2-3-14(18)7-12/h8-9,12,14,17H,2-7,10H2,1H3. The summed E-state index contributed by atoms with van der Waals surface area (Å²) in [4.78, 5) is 11.3. The molecule has 2 aliphatic rings. The van der Waals surface area contributed by atoms with E-state index in [-0.39, 0.29) is 0 Å². The Morgan fingerprint density at radius 3 is 3.06 bits per heavy atom. The minimum Gasteiger partial charge on any atom is -0.308 e. The van der Waals surface area contributed by atoms with Gasteiger partial charge in [0.2, 0.25) is 0 Å². The third-order valence-electron chi connectivity index (χ3n) is 4.23. The minimum absolute atomic E-state index is 0.660. The smallest absolute Gasteiger partial charge is 0.0724 e. The second-order valence-corrected chi connectivity index (χ2v) is 5.58. The molecule has 2 fully saturated rings. The number of hydrogen-bond acceptors (Lipinski definition) is 4. The Morgan fingerprint density at radius 2 is 2.22 bits per heavy atom. The van der Waals surface area contributed by atoms with Gasteiger partial charge in [0.15, 0.2) is 0 Å². The maximum absolute atomic E-state index is 4.39. The van der Waals surface area contributed by atoms with Crippen LogP contribution in [-0.2, 0) is 6.54 Å². The van der Waals surface area contributed by atoms with E-state index in [2.05, 4.69) is 20.2 Å². The van der Waals surface area contributed by atoms with Crippen LogP contribution in [0.4, 0.5) is 0 Å². The van der Waals surface area contributed by atoms with E-state index in [1.54, 1.807) is 0 Å². The van der Waals surface area contributed by atoms with Gasteiger partial charge in [0.25, 0.3) is 0 Å². The highest BCUT2D eigenvalue weighted by Gasteiger charge is 2.31. The lowest BCUT2D eigenvalue weighted by Gasteiger charge is -2.35. The SMILES string of the molecule is Cc1cnc(CNC2CCN3CCCC3C2)cn1. The zero-order valence-electron chi connectivity index (χ0n) is 11.1. The first-order chi connectivity index (χ1) is 8.81. The first kappa shape index (κ1) is 12.1. The highest BCUT2D eigenvalue weighted by molar-refractivity contribution is 5.01. The molecule has 0 aliphatic carbocycles. The Balaban J connectivity index is 1.50. The normalized spacial score (nSPS) is 28.3. The molecule has 4 heteroatoms. The van der Waals surface area contributed by atoms with Crippen LogP contribution in [0.2, 0.25) is 0 Å². The van der Waals surface area contributed by atoms with Crippen molar-refractivity contribution in [1.82, 2.24) is 20.2 Å². The zero-order chi connectivity index (χ0) is 12.4. The lowest BCUT2D eigenvalue weighted by atomic mass is 9.97. The summed E-state index contributed by atoms with van der Waals surface area (Å²) < 4.78 is 0. The molecule has 4 nitrogen and oxygen atoms in total. The topological polar surface area (TPSA) is 41.1 Å². The van der Waals surface area contributed by atoms with Gasteiger partial charge >= 0.3 is 0 Å². The quantitative estimate of drug-likeness (QED) is 0.877. The van der Waals surface area contributed by atoms with Crippen molar-refractivity contribution in [2.75, 3.05) is 13.1 Å². The summed E-state index contributed by atoms with van der Waals surface area (Å²) >= 11 is 0. The van der Waals surface area contributed by atoms with Crippen LogP contribution >= 0.6 is 0 Å². The van der Waals surface area contributed by atoms with Crippen LogP contribution in [0.15, 0.2) is 12.4 Å². The second kappa shape index (κ2) is 5.33. The van der Waals surface area contributed by atoms with Gasteiger partial charge in [0, 0.05) is 31.0 Å². The number of nitrogens with one attached hydrogen (secondary N) is 1. The van der Waals surface area contributed by atoms with Gasteiger partial charge in [-0.3, -0.25) is 9.97 Å². The van der Waals surface area contributed by atoms with Crippen LogP contribution in [0, 0.1) is 6.92 Å². The number of nitrogens with zero attached hydrogens (tertiary/aromatic N) is 3. The van der Waals surface area contributed by atoms with Crippen LogP contribution in [0.1, 0.15) is 37.1 Å². The zero-order valence-corrected chi connectivity index (χ0v) is 11.1. The lowest BCUT2D eigenvalue weighted by molar-refractivity contribution is 0.166. The van der Waals surface area contributed by atoms with E-state index in [0.29, 0.717) is 6.04 Å². The summed E-state index contributed by atoms with van der Waals surface area (Å²) in [6.07, 6.45) is 9.09. The van der Waals surface area contributed by atoms with Gasteiger partial charge in [-0.25, -0.2) is 0 Å². The highest BCUT2D eigenvalue weighted by atomic mass is 15.2. The molecule has 0 saturated carbocycles. The van der Waals surface area contributed by atoms with Gasteiger partial charge in [0.05, 0.1) is 11.4 Å². The van der Waals surface area contributed by atoms with Crippen molar-refractivity contribution in [1.29, 1.82) is 0 Å². The molecule has 1 aromatic heterocycles. The average molecular weight is 246 g/mol. The molecule has 2 aliphatic heterocycles. The van der Waals surface area contributed by atoms with E-state index in [1.165, 1.54) is 38.8 Å². The third kappa shape index (κ3) is 2.70. The number of aryl methyl sites for hydroxylation is 1. The molecule has 0 spiro atoms. The Morgan fingerprint density at radius 1 is 1.28 bits per heavy atom. The Bertz CT molecular complexity index is 389. The van der Waals surface area contributed by atoms with Crippen molar-refractivity contribution in [3.8, 4) is 0 Å². The van der Waals surface area contributed by atoms with Gasteiger partial charge in [-0.05, 0) is 45.7 Å². The lowest BCUT2D eigenvalue weighted by Crippen LogP contribution is -2.45. The fourth-order valence-corrected chi connectivity index (χ4v) is 3.17. The van der Waals surface area contributed by atoms with Crippen LogP contribution in [0.25, 0.3) is 0 Å². The predicted molar refractivity (Wildman–Crippen MR) is 71.2 cm³/mol. The molecule has 3 rings (SSSR count). The van der Waals surface area contributed by atoms with Gasteiger partial charge in [0.1, 0.15) is 0 Å². The monoisotopic (exact) mass is 246 g/mol. The molecule has 2 saturated heterocycles. The van der Waals surface area contributed by atoms with Crippen molar-refractivity contribution in [3.05, 3.63) is 23.8 Å². The Kier molecular flexibility index (Phi) is 3.57. The largest absolute Gasteiger partial charge is 0.308 e. The van der Waals surface area contributed by atoms with Crippen LogP contribution in [0.5, 0.6) is 0 Å². The summed E-state index contributed by atoms with van der Waals surface area (Å²) in [5.41, 5.74) is 2.03. The van der Waals surface area contributed by atoms with Crippen LogP contribution in [0.3, 0.4) is 0 Å². The maximum atomic E-state index is 4.39. The van der Waals surface area contributed by atoms with E-state index in [4.69, 9.17) is 0 Å². The van der Waals surface area contributed by atoms with E-state index in [1.807, 2.05) is 19.3 Å². The molecule has 98 valence electrons. The molecule has 0 aromatic carbocycles. The molecule has 2 unspecified atom stereocenters. The molecular formula is C14H22N4. The summed E-state index contributed by atoms with van der Waals surface area (Å²) in [7, 11) is 0. The number of aromatic nitrogens is 2. The summed E-state index contributed by atoms with van der Waals surface area (Å²) in [5.74, 6) is 0. The van der Waals surface area contributed by atoms with Crippen molar-refractivity contribution >= 4 is 0 Å². The molecule has 1 N–H and O–H groups in total. The number of piperidine rings is 1. The molecule has 18 heavy (non-hydrogen) atoms. The fourth-order valence-electron chi connectivity index (χ4n) is 3.17.